The predicted octanol–water partition coefficient (Wildman–Crippen LogP) is 1.97. The van der Waals surface area contributed by atoms with Crippen molar-refractivity contribution < 1.29 is 5.11 Å². The molecular formula is C8H16O. The molecule has 0 unspecified atom stereocenters. The van der Waals surface area contributed by atoms with Crippen molar-refractivity contribution in [3.8, 4) is 0 Å². The number of rotatable bonds is 3. The summed E-state index contributed by atoms with van der Waals surface area (Å²) in [6.45, 7) is 6.34. The molecule has 0 saturated carbocycles. The van der Waals surface area contributed by atoms with Crippen LogP contribution in [0.15, 0.2) is 12.2 Å². The molecule has 0 aliphatic carbocycles. The molecule has 0 amide bonds. The molecule has 0 saturated heterocycles. The van der Waals surface area contributed by atoms with E-state index in [4.69, 9.17) is 5.11 Å². The maximum absolute atomic E-state index is 8.77. The lowest BCUT2D eigenvalue weighted by molar-refractivity contribution is 0.199. The zero-order valence-corrected chi connectivity index (χ0v) is 6.52. The maximum Gasteiger partial charge on any atom is 0.0516 e. The topological polar surface area (TPSA) is 20.2 Å². The van der Waals surface area contributed by atoms with Crippen molar-refractivity contribution in [3.63, 3.8) is 0 Å². The highest BCUT2D eigenvalue weighted by atomic mass is 16.3. The molecule has 0 aromatic carbocycles. The average Bonchev–Trinajstić information content (AvgIpc) is 1.84. The number of hydrogen-bond acceptors (Lipinski definition) is 1. The van der Waals surface area contributed by atoms with Crippen molar-refractivity contribution in [2.75, 3.05) is 6.61 Å². The van der Waals surface area contributed by atoms with Crippen LogP contribution in [0, 0.1) is 5.41 Å². The highest BCUT2D eigenvalue weighted by Gasteiger charge is 2.09. The molecule has 0 atom stereocenters. The van der Waals surface area contributed by atoms with E-state index in [-0.39, 0.29) is 12.0 Å². The van der Waals surface area contributed by atoms with Gasteiger partial charge in [-0.05, 0) is 6.42 Å². The van der Waals surface area contributed by atoms with Gasteiger partial charge < -0.3 is 5.11 Å². The van der Waals surface area contributed by atoms with Crippen LogP contribution in [0.5, 0.6) is 0 Å². The first-order valence-electron chi connectivity index (χ1n) is 3.41. The summed E-state index contributed by atoms with van der Waals surface area (Å²) < 4.78 is 0. The lowest BCUT2D eigenvalue weighted by Gasteiger charge is -2.15. The van der Waals surface area contributed by atoms with Gasteiger partial charge in [0.05, 0.1) is 6.61 Å². The second-order valence-electron chi connectivity index (χ2n) is 2.96. The van der Waals surface area contributed by atoms with Crippen molar-refractivity contribution in [1.82, 2.24) is 0 Å². The summed E-state index contributed by atoms with van der Waals surface area (Å²) in [5.74, 6) is 0. The minimum atomic E-state index is -0.0317. The lowest BCUT2D eigenvalue weighted by atomic mass is 9.94. The van der Waals surface area contributed by atoms with Crippen LogP contribution in [0.25, 0.3) is 0 Å². The Hall–Kier alpha value is -0.300. The number of aliphatic hydroxyl groups excluding tert-OH is 1. The van der Waals surface area contributed by atoms with Crippen molar-refractivity contribution in [2.24, 2.45) is 5.41 Å². The molecule has 0 heterocycles. The number of aliphatic hydroxyl groups is 1. The minimum absolute atomic E-state index is 0.0317. The summed E-state index contributed by atoms with van der Waals surface area (Å²) in [7, 11) is 0. The first kappa shape index (κ1) is 8.70. The van der Waals surface area contributed by atoms with E-state index in [1.54, 1.807) is 0 Å². The summed E-state index contributed by atoms with van der Waals surface area (Å²) in [4.78, 5) is 0. The molecule has 0 rings (SSSR count). The summed E-state index contributed by atoms with van der Waals surface area (Å²) in [6, 6.07) is 0. The molecule has 0 aliphatic heterocycles. The molecule has 1 nitrogen and oxygen atoms in total. The maximum atomic E-state index is 8.77. The second-order valence-corrected chi connectivity index (χ2v) is 2.96. The monoisotopic (exact) mass is 128 g/mol. The standard InChI is InChI=1S/C8H16O/c1-4-5-6-8(2,3)7-9/h5-6,9H,4,7H2,1-3H3/b6-5+. The Morgan fingerprint density at radius 2 is 2.00 bits per heavy atom. The third-order valence-corrected chi connectivity index (χ3v) is 1.21. The van der Waals surface area contributed by atoms with E-state index < -0.39 is 0 Å². The van der Waals surface area contributed by atoms with Gasteiger partial charge in [0.25, 0.3) is 0 Å². The largest absolute Gasteiger partial charge is 0.395 e. The van der Waals surface area contributed by atoms with Gasteiger partial charge in [0.1, 0.15) is 0 Å². The second kappa shape index (κ2) is 3.67. The SMILES string of the molecule is CC/C=C/C(C)(C)CO. The van der Waals surface area contributed by atoms with Gasteiger partial charge in [-0.25, -0.2) is 0 Å². The molecule has 0 aromatic heterocycles. The van der Waals surface area contributed by atoms with E-state index in [2.05, 4.69) is 13.0 Å². The van der Waals surface area contributed by atoms with Gasteiger partial charge >= 0.3 is 0 Å². The highest BCUT2D eigenvalue weighted by Crippen LogP contribution is 2.14. The molecule has 0 aliphatic rings. The molecule has 54 valence electrons. The molecule has 0 spiro atoms. The molecule has 0 radical (unpaired) electrons. The minimum Gasteiger partial charge on any atom is -0.395 e. The van der Waals surface area contributed by atoms with Crippen molar-refractivity contribution >= 4 is 0 Å². The van der Waals surface area contributed by atoms with Gasteiger partial charge in [-0.2, -0.15) is 0 Å². The summed E-state index contributed by atoms with van der Waals surface area (Å²) in [5, 5.41) is 8.77. The Balaban J connectivity index is 3.70. The summed E-state index contributed by atoms with van der Waals surface area (Å²) >= 11 is 0. The fourth-order valence-corrected chi connectivity index (χ4v) is 0.490. The zero-order chi connectivity index (χ0) is 7.33. The predicted molar refractivity (Wildman–Crippen MR) is 40.3 cm³/mol. The van der Waals surface area contributed by atoms with Crippen LogP contribution in [0.3, 0.4) is 0 Å². The van der Waals surface area contributed by atoms with Crippen molar-refractivity contribution in [2.45, 2.75) is 27.2 Å². The molecule has 0 bridgehead atoms. The van der Waals surface area contributed by atoms with Gasteiger partial charge in [0.15, 0.2) is 0 Å². The first-order valence-corrected chi connectivity index (χ1v) is 3.41. The van der Waals surface area contributed by atoms with Crippen LogP contribution in [-0.4, -0.2) is 11.7 Å². The van der Waals surface area contributed by atoms with Gasteiger partial charge in [0.2, 0.25) is 0 Å². The van der Waals surface area contributed by atoms with Crippen LogP contribution in [0.1, 0.15) is 27.2 Å². The third kappa shape index (κ3) is 4.22. The molecular weight excluding hydrogens is 112 g/mol. The zero-order valence-electron chi connectivity index (χ0n) is 6.52. The van der Waals surface area contributed by atoms with Gasteiger partial charge in [0, 0.05) is 5.41 Å². The van der Waals surface area contributed by atoms with E-state index >= 15 is 0 Å². The summed E-state index contributed by atoms with van der Waals surface area (Å²) in [6.07, 6.45) is 5.17. The van der Waals surface area contributed by atoms with E-state index in [0.29, 0.717) is 0 Å². The highest BCUT2D eigenvalue weighted by molar-refractivity contribution is 4.93. The molecule has 0 fully saturated rings. The van der Waals surface area contributed by atoms with E-state index in [0.717, 1.165) is 6.42 Å². The lowest BCUT2D eigenvalue weighted by Crippen LogP contribution is -2.12. The van der Waals surface area contributed by atoms with E-state index in [9.17, 15) is 0 Å². The quantitative estimate of drug-likeness (QED) is 0.576. The number of allylic oxidation sites excluding steroid dienone is 1. The van der Waals surface area contributed by atoms with Crippen LogP contribution in [0.2, 0.25) is 0 Å². The first-order chi connectivity index (χ1) is 4.12. The van der Waals surface area contributed by atoms with Crippen molar-refractivity contribution in [3.05, 3.63) is 12.2 Å². The molecule has 1 heteroatoms. The number of hydrogen-bond donors (Lipinski definition) is 1. The van der Waals surface area contributed by atoms with Gasteiger partial charge in [-0.3, -0.25) is 0 Å². The smallest absolute Gasteiger partial charge is 0.0516 e. The Morgan fingerprint density at radius 1 is 1.44 bits per heavy atom. The Labute approximate surface area is 57.4 Å². The van der Waals surface area contributed by atoms with Gasteiger partial charge in [-0.15, -0.1) is 0 Å². The third-order valence-electron chi connectivity index (χ3n) is 1.21. The Bertz CT molecular complexity index is 92.7. The van der Waals surface area contributed by atoms with Crippen LogP contribution < -0.4 is 0 Å². The molecule has 9 heavy (non-hydrogen) atoms. The van der Waals surface area contributed by atoms with Crippen LogP contribution in [-0.2, 0) is 0 Å². The fourth-order valence-electron chi connectivity index (χ4n) is 0.490. The van der Waals surface area contributed by atoms with Crippen LogP contribution in [0.4, 0.5) is 0 Å². The van der Waals surface area contributed by atoms with Crippen LogP contribution >= 0.6 is 0 Å². The Morgan fingerprint density at radius 3 is 2.33 bits per heavy atom. The Kier molecular flexibility index (Phi) is 3.55. The fraction of sp³-hybridized carbons (Fsp3) is 0.750. The average molecular weight is 128 g/mol. The van der Waals surface area contributed by atoms with E-state index in [1.807, 2.05) is 19.9 Å². The summed E-state index contributed by atoms with van der Waals surface area (Å²) in [5.41, 5.74) is -0.0317. The molecule has 1 N–H and O–H groups in total. The van der Waals surface area contributed by atoms with E-state index in [1.165, 1.54) is 0 Å². The normalized spacial score (nSPS) is 12.9. The molecule has 0 aromatic rings. The van der Waals surface area contributed by atoms with Gasteiger partial charge in [-0.1, -0.05) is 32.9 Å². The van der Waals surface area contributed by atoms with Crippen molar-refractivity contribution in [1.29, 1.82) is 0 Å².